The third-order valence-electron chi connectivity index (χ3n) is 2.82. The van der Waals surface area contributed by atoms with Gasteiger partial charge in [0, 0.05) is 12.1 Å². The molecular formula is C12H18N4O. The van der Waals surface area contributed by atoms with Crippen molar-refractivity contribution in [3.63, 3.8) is 0 Å². The molecule has 1 aliphatic rings. The van der Waals surface area contributed by atoms with Gasteiger partial charge in [-0.3, -0.25) is 4.79 Å². The SMILES string of the molecule is CCC(C)Nc1ccc(C(=O)NC2CC2)nn1. The predicted octanol–water partition coefficient (Wildman–Crippen LogP) is 1.58. The van der Waals surface area contributed by atoms with E-state index in [0.29, 0.717) is 23.6 Å². The average Bonchev–Trinajstić information content (AvgIpc) is 3.13. The number of amides is 1. The number of carbonyl (C=O) groups excluding carboxylic acids is 1. The topological polar surface area (TPSA) is 66.9 Å². The lowest BCUT2D eigenvalue weighted by atomic mass is 10.2. The molecule has 1 aromatic heterocycles. The van der Waals surface area contributed by atoms with Crippen molar-refractivity contribution < 1.29 is 4.79 Å². The van der Waals surface area contributed by atoms with Gasteiger partial charge in [-0.15, -0.1) is 10.2 Å². The zero-order valence-electron chi connectivity index (χ0n) is 10.2. The van der Waals surface area contributed by atoms with E-state index in [0.717, 1.165) is 19.3 Å². The molecule has 0 saturated heterocycles. The van der Waals surface area contributed by atoms with Crippen LogP contribution in [0.15, 0.2) is 12.1 Å². The second-order valence-corrected chi connectivity index (χ2v) is 4.51. The highest BCUT2D eigenvalue weighted by molar-refractivity contribution is 5.92. The normalized spacial score (nSPS) is 16.4. The van der Waals surface area contributed by atoms with E-state index < -0.39 is 0 Å². The van der Waals surface area contributed by atoms with Crippen molar-refractivity contribution in [3.8, 4) is 0 Å². The molecule has 1 aliphatic carbocycles. The summed E-state index contributed by atoms with van der Waals surface area (Å²) in [7, 11) is 0. The van der Waals surface area contributed by atoms with Crippen molar-refractivity contribution in [2.45, 2.75) is 45.2 Å². The molecule has 1 heterocycles. The Balaban J connectivity index is 1.94. The van der Waals surface area contributed by atoms with Crippen LogP contribution in [0.4, 0.5) is 5.82 Å². The predicted molar refractivity (Wildman–Crippen MR) is 65.9 cm³/mol. The molecule has 0 aliphatic heterocycles. The van der Waals surface area contributed by atoms with Crippen molar-refractivity contribution >= 4 is 11.7 Å². The van der Waals surface area contributed by atoms with E-state index in [1.54, 1.807) is 12.1 Å². The fraction of sp³-hybridized carbons (Fsp3) is 0.583. The van der Waals surface area contributed by atoms with Gasteiger partial charge in [0.2, 0.25) is 0 Å². The summed E-state index contributed by atoms with van der Waals surface area (Å²) in [6.45, 7) is 4.18. The zero-order valence-corrected chi connectivity index (χ0v) is 10.2. The van der Waals surface area contributed by atoms with E-state index in [1.807, 2.05) is 0 Å². The van der Waals surface area contributed by atoms with Crippen LogP contribution in [0.25, 0.3) is 0 Å². The first kappa shape index (κ1) is 11.8. The van der Waals surface area contributed by atoms with Crippen LogP contribution in [0.1, 0.15) is 43.6 Å². The van der Waals surface area contributed by atoms with Gasteiger partial charge in [0.1, 0.15) is 5.82 Å². The number of hydrogen-bond donors (Lipinski definition) is 2. The van der Waals surface area contributed by atoms with Crippen LogP contribution in [0.5, 0.6) is 0 Å². The number of rotatable bonds is 5. The van der Waals surface area contributed by atoms with Crippen LogP contribution in [0, 0.1) is 0 Å². The molecule has 0 bridgehead atoms. The van der Waals surface area contributed by atoms with Gasteiger partial charge in [-0.1, -0.05) is 6.92 Å². The standard InChI is InChI=1S/C12H18N4O/c1-3-8(2)13-11-7-6-10(15-16-11)12(17)14-9-4-5-9/h6-9H,3-5H2,1-2H3,(H,13,16)(H,14,17). The highest BCUT2D eigenvalue weighted by Gasteiger charge is 2.24. The summed E-state index contributed by atoms with van der Waals surface area (Å²) in [6.07, 6.45) is 3.17. The van der Waals surface area contributed by atoms with Crippen molar-refractivity contribution in [2.75, 3.05) is 5.32 Å². The molecule has 1 aromatic rings. The highest BCUT2D eigenvalue weighted by atomic mass is 16.2. The minimum atomic E-state index is -0.130. The minimum absolute atomic E-state index is 0.130. The van der Waals surface area contributed by atoms with Gasteiger partial charge in [-0.2, -0.15) is 0 Å². The van der Waals surface area contributed by atoms with Crippen LogP contribution in [0.2, 0.25) is 0 Å². The minimum Gasteiger partial charge on any atom is -0.366 e. The Hall–Kier alpha value is -1.65. The van der Waals surface area contributed by atoms with Crippen LogP contribution in [0.3, 0.4) is 0 Å². The lowest BCUT2D eigenvalue weighted by Crippen LogP contribution is -2.26. The molecule has 17 heavy (non-hydrogen) atoms. The number of aromatic nitrogens is 2. The fourth-order valence-corrected chi connectivity index (χ4v) is 1.37. The largest absolute Gasteiger partial charge is 0.366 e. The van der Waals surface area contributed by atoms with Crippen molar-refractivity contribution in [3.05, 3.63) is 17.8 Å². The van der Waals surface area contributed by atoms with E-state index >= 15 is 0 Å². The first-order chi connectivity index (χ1) is 8.19. The lowest BCUT2D eigenvalue weighted by Gasteiger charge is -2.11. The Morgan fingerprint density at radius 1 is 1.47 bits per heavy atom. The summed E-state index contributed by atoms with van der Waals surface area (Å²) in [5, 5.41) is 14.0. The molecule has 0 radical (unpaired) electrons. The Kier molecular flexibility index (Phi) is 3.56. The van der Waals surface area contributed by atoms with Gasteiger partial charge in [0.25, 0.3) is 5.91 Å². The summed E-state index contributed by atoms with van der Waals surface area (Å²) in [4.78, 5) is 11.7. The van der Waals surface area contributed by atoms with E-state index in [9.17, 15) is 4.79 Å². The molecule has 2 rings (SSSR count). The number of nitrogens with zero attached hydrogens (tertiary/aromatic N) is 2. The number of anilines is 1. The molecular weight excluding hydrogens is 216 g/mol. The first-order valence-corrected chi connectivity index (χ1v) is 6.10. The molecule has 0 aromatic carbocycles. The molecule has 0 spiro atoms. The Morgan fingerprint density at radius 2 is 2.24 bits per heavy atom. The Morgan fingerprint density at radius 3 is 2.76 bits per heavy atom. The van der Waals surface area contributed by atoms with E-state index in [-0.39, 0.29) is 5.91 Å². The molecule has 1 atom stereocenters. The monoisotopic (exact) mass is 234 g/mol. The van der Waals surface area contributed by atoms with E-state index in [2.05, 4.69) is 34.7 Å². The lowest BCUT2D eigenvalue weighted by molar-refractivity contribution is 0.0945. The third-order valence-corrected chi connectivity index (χ3v) is 2.82. The fourth-order valence-electron chi connectivity index (χ4n) is 1.37. The second kappa shape index (κ2) is 5.12. The summed E-state index contributed by atoms with van der Waals surface area (Å²) < 4.78 is 0. The smallest absolute Gasteiger partial charge is 0.272 e. The number of carbonyl (C=O) groups is 1. The van der Waals surface area contributed by atoms with Crippen LogP contribution in [-0.4, -0.2) is 28.2 Å². The van der Waals surface area contributed by atoms with Crippen molar-refractivity contribution in [1.82, 2.24) is 15.5 Å². The molecule has 92 valence electrons. The van der Waals surface area contributed by atoms with Crippen LogP contribution in [-0.2, 0) is 0 Å². The van der Waals surface area contributed by atoms with Crippen molar-refractivity contribution in [1.29, 1.82) is 0 Å². The molecule has 2 N–H and O–H groups in total. The Bertz CT molecular complexity index is 386. The quantitative estimate of drug-likeness (QED) is 0.811. The van der Waals surface area contributed by atoms with Crippen LogP contribution < -0.4 is 10.6 Å². The molecule has 5 nitrogen and oxygen atoms in total. The van der Waals surface area contributed by atoms with Gasteiger partial charge in [0.15, 0.2) is 5.69 Å². The zero-order chi connectivity index (χ0) is 12.3. The van der Waals surface area contributed by atoms with Gasteiger partial charge >= 0.3 is 0 Å². The van der Waals surface area contributed by atoms with Gasteiger partial charge < -0.3 is 10.6 Å². The van der Waals surface area contributed by atoms with Crippen LogP contribution >= 0.6 is 0 Å². The van der Waals surface area contributed by atoms with Crippen molar-refractivity contribution in [2.24, 2.45) is 0 Å². The molecule has 1 amide bonds. The van der Waals surface area contributed by atoms with Gasteiger partial charge in [-0.25, -0.2) is 0 Å². The summed E-state index contributed by atoms with van der Waals surface area (Å²) in [6, 6.07) is 4.20. The highest BCUT2D eigenvalue weighted by Crippen LogP contribution is 2.19. The molecule has 1 unspecified atom stereocenters. The summed E-state index contributed by atoms with van der Waals surface area (Å²) in [5.74, 6) is 0.581. The van der Waals surface area contributed by atoms with E-state index in [1.165, 1.54) is 0 Å². The van der Waals surface area contributed by atoms with Gasteiger partial charge in [-0.05, 0) is 38.3 Å². The van der Waals surface area contributed by atoms with Gasteiger partial charge in [0.05, 0.1) is 0 Å². The molecule has 1 saturated carbocycles. The maximum atomic E-state index is 11.7. The average molecular weight is 234 g/mol. The van der Waals surface area contributed by atoms with E-state index in [4.69, 9.17) is 0 Å². The summed E-state index contributed by atoms with van der Waals surface area (Å²) in [5.41, 5.74) is 0.381. The summed E-state index contributed by atoms with van der Waals surface area (Å²) >= 11 is 0. The third kappa shape index (κ3) is 3.41. The maximum absolute atomic E-state index is 11.7. The number of nitrogens with one attached hydrogen (secondary N) is 2. The molecule has 1 fully saturated rings. The Labute approximate surface area is 101 Å². The molecule has 5 heteroatoms. The first-order valence-electron chi connectivity index (χ1n) is 6.10. The maximum Gasteiger partial charge on any atom is 0.272 e. The second-order valence-electron chi connectivity index (χ2n) is 4.51. The number of hydrogen-bond acceptors (Lipinski definition) is 4.